The lowest BCUT2D eigenvalue weighted by molar-refractivity contribution is -0.385. The van der Waals surface area contributed by atoms with Gasteiger partial charge in [0.1, 0.15) is 10.6 Å². The molecule has 9 nitrogen and oxygen atoms in total. The Kier molecular flexibility index (Phi) is 6.88. The molecule has 0 unspecified atom stereocenters. The number of sulfonamides is 1. The van der Waals surface area contributed by atoms with Gasteiger partial charge in [0, 0.05) is 27.9 Å². The van der Waals surface area contributed by atoms with Crippen molar-refractivity contribution >= 4 is 49.2 Å². The van der Waals surface area contributed by atoms with Crippen molar-refractivity contribution in [2.24, 2.45) is 5.10 Å². The van der Waals surface area contributed by atoms with E-state index in [0.29, 0.717) is 5.75 Å². The van der Waals surface area contributed by atoms with Gasteiger partial charge in [-0.25, -0.2) is 8.42 Å². The first-order valence-corrected chi connectivity index (χ1v) is 11.1. The smallest absolute Gasteiger partial charge is 0.270 e. The third-order valence-corrected chi connectivity index (χ3v) is 6.25. The van der Waals surface area contributed by atoms with E-state index in [1.54, 1.807) is 12.1 Å². The van der Waals surface area contributed by atoms with Crippen LogP contribution in [0.4, 0.5) is 17.1 Å². The number of anilines is 2. The first-order chi connectivity index (χ1) is 14.8. The number of nitro benzene ring substituents is 1. The molecular formula is C20H17BrN4O5S. The number of nitrogens with zero attached hydrogens (tertiary/aromatic N) is 2. The van der Waals surface area contributed by atoms with Crippen molar-refractivity contribution in [1.82, 2.24) is 0 Å². The van der Waals surface area contributed by atoms with E-state index in [-0.39, 0.29) is 22.0 Å². The zero-order valence-corrected chi connectivity index (χ0v) is 18.6. The van der Waals surface area contributed by atoms with Crippen molar-refractivity contribution in [3.05, 3.63) is 86.9 Å². The van der Waals surface area contributed by atoms with Gasteiger partial charge in [0.2, 0.25) is 0 Å². The highest BCUT2D eigenvalue weighted by Gasteiger charge is 2.22. The van der Waals surface area contributed by atoms with Gasteiger partial charge in [-0.2, -0.15) is 5.10 Å². The van der Waals surface area contributed by atoms with Crippen LogP contribution in [0.15, 0.2) is 81.2 Å². The highest BCUT2D eigenvalue weighted by Crippen LogP contribution is 2.29. The summed E-state index contributed by atoms with van der Waals surface area (Å²) in [5, 5.41) is 15.2. The Morgan fingerprint density at radius 2 is 1.81 bits per heavy atom. The van der Waals surface area contributed by atoms with Crippen LogP contribution in [-0.2, 0) is 10.0 Å². The lowest BCUT2D eigenvalue weighted by atomic mass is 10.2. The van der Waals surface area contributed by atoms with Crippen molar-refractivity contribution in [1.29, 1.82) is 0 Å². The van der Waals surface area contributed by atoms with Crippen LogP contribution in [-0.4, -0.2) is 26.7 Å². The first-order valence-electron chi connectivity index (χ1n) is 8.79. The third-order valence-electron chi connectivity index (χ3n) is 4.10. The van der Waals surface area contributed by atoms with E-state index in [1.807, 2.05) is 24.3 Å². The summed E-state index contributed by atoms with van der Waals surface area (Å²) in [7, 11) is -2.67. The Morgan fingerprint density at radius 3 is 2.45 bits per heavy atom. The van der Waals surface area contributed by atoms with Crippen LogP contribution in [0, 0.1) is 10.1 Å². The van der Waals surface area contributed by atoms with Gasteiger partial charge >= 0.3 is 0 Å². The lowest BCUT2D eigenvalue weighted by Crippen LogP contribution is -2.15. The maximum atomic E-state index is 13.0. The number of hydrogen-bond donors (Lipinski definition) is 2. The molecule has 0 amide bonds. The summed E-state index contributed by atoms with van der Waals surface area (Å²) in [6.45, 7) is 0. The molecule has 0 fully saturated rings. The van der Waals surface area contributed by atoms with Crippen molar-refractivity contribution < 1.29 is 18.1 Å². The van der Waals surface area contributed by atoms with E-state index in [2.05, 4.69) is 31.2 Å². The minimum absolute atomic E-state index is 0.0786. The second-order valence-corrected chi connectivity index (χ2v) is 8.67. The van der Waals surface area contributed by atoms with Crippen LogP contribution in [0.25, 0.3) is 0 Å². The van der Waals surface area contributed by atoms with E-state index < -0.39 is 14.9 Å². The SMILES string of the molecule is COc1ccc(NS(=O)(=O)c2cc([N+](=O)[O-])ccc2N/N=C/c2ccccc2Br)cc1. The van der Waals surface area contributed by atoms with Crippen molar-refractivity contribution in [2.45, 2.75) is 4.90 Å². The number of nitro groups is 1. The molecule has 0 aliphatic carbocycles. The van der Waals surface area contributed by atoms with Gasteiger partial charge in [-0.1, -0.05) is 34.1 Å². The Morgan fingerprint density at radius 1 is 1.10 bits per heavy atom. The summed E-state index contributed by atoms with van der Waals surface area (Å²) in [4.78, 5) is 10.2. The largest absolute Gasteiger partial charge is 0.497 e. The number of hydrogen-bond acceptors (Lipinski definition) is 7. The normalized spacial score (nSPS) is 11.3. The first kappa shape index (κ1) is 22.2. The third kappa shape index (κ3) is 5.58. The highest BCUT2D eigenvalue weighted by molar-refractivity contribution is 9.10. The molecule has 160 valence electrons. The second kappa shape index (κ2) is 9.58. The van der Waals surface area contributed by atoms with Crippen LogP contribution < -0.4 is 14.9 Å². The summed E-state index contributed by atoms with van der Waals surface area (Å²) in [5.74, 6) is 0.557. The number of rotatable bonds is 8. The maximum absolute atomic E-state index is 13.0. The van der Waals surface area contributed by atoms with E-state index in [0.717, 1.165) is 16.1 Å². The van der Waals surface area contributed by atoms with Gasteiger partial charge in [0.15, 0.2) is 0 Å². The Hall–Kier alpha value is -3.44. The summed E-state index contributed by atoms with van der Waals surface area (Å²) >= 11 is 3.39. The molecule has 0 aromatic heterocycles. The molecular weight excluding hydrogens is 488 g/mol. The maximum Gasteiger partial charge on any atom is 0.270 e. The number of ether oxygens (including phenoxy) is 1. The molecule has 0 aliphatic rings. The van der Waals surface area contributed by atoms with Gasteiger partial charge in [0.25, 0.3) is 15.7 Å². The number of halogens is 1. The average molecular weight is 505 g/mol. The number of non-ortho nitro benzene ring substituents is 1. The molecule has 0 spiro atoms. The van der Waals surface area contributed by atoms with Gasteiger partial charge < -0.3 is 4.74 Å². The fourth-order valence-electron chi connectivity index (χ4n) is 2.56. The minimum atomic E-state index is -4.16. The van der Waals surface area contributed by atoms with E-state index >= 15 is 0 Å². The van der Waals surface area contributed by atoms with E-state index in [9.17, 15) is 18.5 Å². The number of nitrogens with one attached hydrogen (secondary N) is 2. The molecule has 3 aromatic rings. The van der Waals surface area contributed by atoms with E-state index in [1.165, 1.54) is 37.6 Å². The predicted molar refractivity (Wildman–Crippen MR) is 122 cm³/mol. The molecule has 11 heteroatoms. The van der Waals surface area contributed by atoms with E-state index in [4.69, 9.17) is 4.74 Å². The molecule has 0 atom stereocenters. The zero-order chi connectivity index (χ0) is 22.4. The molecule has 0 saturated carbocycles. The van der Waals surface area contributed by atoms with Gasteiger partial charge in [0.05, 0.1) is 23.9 Å². The predicted octanol–water partition coefficient (Wildman–Crippen LogP) is 4.61. The molecule has 31 heavy (non-hydrogen) atoms. The van der Waals surface area contributed by atoms with Crippen LogP contribution in [0.5, 0.6) is 5.75 Å². The fourth-order valence-corrected chi connectivity index (χ4v) is 4.18. The number of methoxy groups -OCH3 is 1. The molecule has 0 bridgehead atoms. The molecule has 0 radical (unpaired) electrons. The molecule has 0 heterocycles. The van der Waals surface area contributed by atoms with Gasteiger partial charge in [-0.15, -0.1) is 0 Å². The van der Waals surface area contributed by atoms with Crippen LogP contribution in [0.2, 0.25) is 0 Å². The number of hydrazone groups is 1. The van der Waals surface area contributed by atoms with Crippen LogP contribution >= 0.6 is 15.9 Å². The Bertz CT molecular complexity index is 1230. The molecule has 2 N–H and O–H groups in total. The standard InChI is InChI=1S/C20H17BrN4O5S/c1-30-17-9-6-15(7-10-17)24-31(28,29)20-12-16(25(26)27)8-11-19(20)23-22-13-14-4-2-3-5-18(14)21/h2-13,23-24H,1H3/b22-13+. The molecule has 0 saturated heterocycles. The highest BCUT2D eigenvalue weighted by atomic mass is 79.9. The van der Waals surface area contributed by atoms with Crippen molar-refractivity contribution in [3.8, 4) is 5.75 Å². The van der Waals surface area contributed by atoms with Crippen molar-refractivity contribution in [3.63, 3.8) is 0 Å². The summed E-state index contributed by atoms with van der Waals surface area (Å²) in [5.41, 5.74) is 3.40. The van der Waals surface area contributed by atoms with Crippen LogP contribution in [0.3, 0.4) is 0 Å². The Balaban J connectivity index is 1.93. The lowest BCUT2D eigenvalue weighted by Gasteiger charge is -2.12. The van der Waals surface area contributed by atoms with Gasteiger partial charge in [-0.3, -0.25) is 20.3 Å². The quantitative estimate of drug-likeness (QED) is 0.262. The Labute approximate surface area is 187 Å². The average Bonchev–Trinajstić information content (AvgIpc) is 2.75. The zero-order valence-electron chi connectivity index (χ0n) is 16.2. The second-order valence-electron chi connectivity index (χ2n) is 6.16. The summed E-state index contributed by atoms with van der Waals surface area (Å²) < 4.78 is 34.2. The van der Waals surface area contributed by atoms with Crippen LogP contribution in [0.1, 0.15) is 5.56 Å². The minimum Gasteiger partial charge on any atom is -0.497 e. The monoisotopic (exact) mass is 504 g/mol. The molecule has 0 aliphatic heterocycles. The number of benzene rings is 3. The molecule has 3 aromatic carbocycles. The summed E-state index contributed by atoms with van der Waals surface area (Å²) in [6, 6.07) is 17.0. The fraction of sp³-hybridized carbons (Fsp3) is 0.0500. The van der Waals surface area contributed by atoms with Crippen molar-refractivity contribution in [2.75, 3.05) is 17.3 Å². The summed E-state index contributed by atoms with van der Waals surface area (Å²) in [6.07, 6.45) is 1.50. The topological polar surface area (TPSA) is 123 Å². The molecule has 3 rings (SSSR count). The van der Waals surface area contributed by atoms with Gasteiger partial charge in [-0.05, 0) is 36.4 Å².